The molecule has 0 unspecified atom stereocenters. The predicted octanol–water partition coefficient (Wildman–Crippen LogP) is 5.66. The quantitative estimate of drug-likeness (QED) is 0.325. The molecular formula is C30H28N4O. The molecule has 0 radical (unpaired) electrons. The Morgan fingerprint density at radius 2 is 1.66 bits per heavy atom. The first-order valence-corrected chi connectivity index (χ1v) is 12.0. The first kappa shape index (κ1) is 22.5. The van der Waals surface area contributed by atoms with E-state index in [9.17, 15) is 4.79 Å². The van der Waals surface area contributed by atoms with Gasteiger partial charge in [-0.3, -0.25) is 9.78 Å². The monoisotopic (exact) mass is 460 g/mol. The molecule has 1 amide bonds. The number of carbonyl (C=O) groups excluding carboxylic acids is 1. The van der Waals surface area contributed by atoms with Crippen LogP contribution in [-0.2, 0) is 17.6 Å². The van der Waals surface area contributed by atoms with E-state index in [4.69, 9.17) is 4.98 Å². The lowest BCUT2D eigenvalue weighted by molar-refractivity contribution is -0.121. The first-order chi connectivity index (χ1) is 17.2. The number of fused-ring (bicyclic) bond motifs is 1. The Balaban J connectivity index is 1.41. The van der Waals surface area contributed by atoms with E-state index in [1.165, 1.54) is 11.1 Å². The van der Waals surface area contributed by atoms with Crippen molar-refractivity contribution in [2.45, 2.75) is 26.2 Å². The summed E-state index contributed by atoms with van der Waals surface area (Å²) in [5.74, 6) is 0.0324. The van der Waals surface area contributed by atoms with E-state index < -0.39 is 0 Å². The predicted molar refractivity (Wildman–Crippen MR) is 140 cm³/mol. The fraction of sp³-hybridized carbons (Fsp3) is 0.167. The van der Waals surface area contributed by atoms with E-state index in [1.54, 1.807) is 6.20 Å². The van der Waals surface area contributed by atoms with Gasteiger partial charge in [0, 0.05) is 43.0 Å². The SMILES string of the molecule is Cc1ccccc1-c1ccc2nc(-c3ccccc3)c(CCC(=O)NCCc3ccccn3)n2c1. The van der Waals surface area contributed by atoms with Gasteiger partial charge in [-0.2, -0.15) is 0 Å². The van der Waals surface area contributed by atoms with Crippen LogP contribution in [0.4, 0.5) is 0 Å². The molecule has 0 aliphatic heterocycles. The van der Waals surface area contributed by atoms with Gasteiger partial charge in [-0.05, 0) is 54.3 Å². The summed E-state index contributed by atoms with van der Waals surface area (Å²) in [6.45, 7) is 2.70. The molecule has 0 atom stereocenters. The van der Waals surface area contributed by atoms with Crippen LogP contribution >= 0.6 is 0 Å². The molecule has 0 aliphatic carbocycles. The number of hydrogen-bond donors (Lipinski definition) is 1. The lowest BCUT2D eigenvalue weighted by Gasteiger charge is -2.10. The zero-order valence-electron chi connectivity index (χ0n) is 19.8. The number of hydrogen-bond acceptors (Lipinski definition) is 3. The number of nitrogens with zero attached hydrogens (tertiary/aromatic N) is 3. The molecule has 0 saturated heterocycles. The second-order valence-corrected chi connectivity index (χ2v) is 8.66. The van der Waals surface area contributed by atoms with Crippen molar-refractivity contribution >= 4 is 11.6 Å². The number of amides is 1. The maximum absolute atomic E-state index is 12.7. The molecule has 0 bridgehead atoms. The van der Waals surface area contributed by atoms with Gasteiger partial charge in [0.05, 0.1) is 11.4 Å². The minimum Gasteiger partial charge on any atom is -0.356 e. The van der Waals surface area contributed by atoms with Gasteiger partial charge in [-0.1, -0.05) is 60.7 Å². The van der Waals surface area contributed by atoms with Crippen LogP contribution in [0.3, 0.4) is 0 Å². The van der Waals surface area contributed by atoms with E-state index >= 15 is 0 Å². The van der Waals surface area contributed by atoms with Gasteiger partial charge in [0.25, 0.3) is 0 Å². The van der Waals surface area contributed by atoms with Gasteiger partial charge in [-0.25, -0.2) is 4.98 Å². The van der Waals surface area contributed by atoms with Crippen molar-refractivity contribution in [3.63, 3.8) is 0 Å². The minimum absolute atomic E-state index is 0.0324. The number of aromatic nitrogens is 3. The second-order valence-electron chi connectivity index (χ2n) is 8.66. The third kappa shape index (κ3) is 5.14. The lowest BCUT2D eigenvalue weighted by Crippen LogP contribution is -2.26. The van der Waals surface area contributed by atoms with Crippen LogP contribution in [-0.4, -0.2) is 26.8 Å². The maximum atomic E-state index is 12.7. The zero-order chi connectivity index (χ0) is 24.0. The number of imidazole rings is 1. The van der Waals surface area contributed by atoms with Crippen LogP contribution in [0.15, 0.2) is 97.3 Å². The van der Waals surface area contributed by atoms with Crippen LogP contribution in [0.2, 0.25) is 0 Å². The van der Waals surface area contributed by atoms with Crippen LogP contribution < -0.4 is 5.32 Å². The summed E-state index contributed by atoms with van der Waals surface area (Å²) in [5, 5.41) is 3.04. The Morgan fingerprint density at radius 1 is 0.857 bits per heavy atom. The number of benzene rings is 2. The summed E-state index contributed by atoms with van der Waals surface area (Å²) in [6, 6.07) is 28.6. The average Bonchev–Trinajstić information content (AvgIpc) is 3.27. The van der Waals surface area contributed by atoms with Crippen molar-refractivity contribution in [1.82, 2.24) is 19.7 Å². The van der Waals surface area contributed by atoms with E-state index in [0.29, 0.717) is 19.4 Å². The van der Waals surface area contributed by atoms with Crippen LogP contribution in [0.1, 0.15) is 23.4 Å². The van der Waals surface area contributed by atoms with Crippen molar-refractivity contribution in [2.24, 2.45) is 0 Å². The maximum Gasteiger partial charge on any atom is 0.220 e. The van der Waals surface area contributed by atoms with Crippen molar-refractivity contribution in [3.8, 4) is 22.4 Å². The van der Waals surface area contributed by atoms with Crippen molar-refractivity contribution < 1.29 is 4.79 Å². The molecule has 5 heteroatoms. The van der Waals surface area contributed by atoms with Crippen molar-refractivity contribution in [2.75, 3.05) is 6.54 Å². The normalized spacial score (nSPS) is 11.0. The number of pyridine rings is 2. The Labute approximate surface area is 205 Å². The Hall–Kier alpha value is -4.25. The summed E-state index contributed by atoms with van der Waals surface area (Å²) < 4.78 is 2.14. The second kappa shape index (κ2) is 10.3. The van der Waals surface area contributed by atoms with E-state index in [-0.39, 0.29) is 5.91 Å². The highest BCUT2D eigenvalue weighted by atomic mass is 16.1. The molecule has 174 valence electrons. The molecule has 0 fully saturated rings. The van der Waals surface area contributed by atoms with Crippen LogP contribution in [0, 0.1) is 6.92 Å². The molecule has 5 nitrogen and oxygen atoms in total. The van der Waals surface area contributed by atoms with Crippen molar-refractivity contribution in [3.05, 3.63) is 114 Å². The molecule has 0 aliphatic rings. The average molecular weight is 461 g/mol. The summed E-state index contributed by atoms with van der Waals surface area (Å²) in [7, 11) is 0. The van der Waals surface area contributed by atoms with E-state index in [2.05, 4.69) is 76.4 Å². The van der Waals surface area contributed by atoms with Crippen molar-refractivity contribution in [1.29, 1.82) is 0 Å². The third-order valence-electron chi connectivity index (χ3n) is 6.24. The van der Waals surface area contributed by atoms with Gasteiger partial charge in [0.1, 0.15) is 5.65 Å². The molecule has 5 rings (SSSR count). The molecule has 0 spiro atoms. The molecule has 3 aromatic heterocycles. The Bertz CT molecular complexity index is 1440. The molecule has 5 aromatic rings. The highest BCUT2D eigenvalue weighted by molar-refractivity contribution is 5.77. The number of nitrogens with one attached hydrogen (secondary N) is 1. The third-order valence-corrected chi connectivity index (χ3v) is 6.24. The van der Waals surface area contributed by atoms with Gasteiger partial charge < -0.3 is 9.72 Å². The standard InChI is InChI=1S/C30H28N4O/c1-22-9-5-6-13-26(22)24-14-16-28-33-30(23-10-3-2-4-11-23)27(34(28)21-24)15-17-29(35)32-20-18-25-12-7-8-19-31-25/h2-14,16,19,21H,15,17-18,20H2,1H3,(H,32,35). The fourth-order valence-corrected chi connectivity index (χ4v) is 4.41. The number of carbonyl (C=O) groups is 1. The van der Waals surface area contributed by atoms with Gasteiger partial charge in [0.2, 0.25) is 5.91 Å². The fourth-order valence-electron chi connectivity index (χ4n) is 4.41. The smallest absolute Gasteiger partial charge is 0.220 e. The van der Waals surface area contributed by atoms with Crippen LogP contribution in [0.5, 0.6) is 0 Å². The van der Waals surface area contributed by atoms with E-state index in [0.717, 1.165) is 40.3 Å². The topological polar surface area (TPSA) is 59.3 Å². The number of aryl methyl sites for hydroxylation is 2. The molecule has 1 N–H and O–H groups in total. The summed E-state index contributed by atoms with van der Waals surface area (Å²) >= 11 is 0. The first-order valence-electron chi connectivity index (χ1n) is 12.0. The Morgan fingerprint density at radius 3 is 2.46 bits per heavy atom. The van der Waals surface area contributed by atoms with E-state index in [1.807, 2.05) is 36.4 Å². The summed E-state index contributed by atoms with van der Waals surface area (Å²) in [5.41, 5.74) is 8.44. The zero-order valence-corrected chi connectivity index (χ0v) is 19.8. The highest BCUT2D eigenvalue weighted by Gasteiger charge is 2.16. The largest absolute Gasteiger partial charge is 0.356 e. The van der Waals surface area contributed by atoms with Gasteiger partial charge in [0.15, 0.2) is 0 Å². The molecule has 35 heavy (non-hydrogen) atoms. The molecule has 3 heterocycles. The number of rotatable bonds is 8. The Kier molecular flexibility index (Phi) is 6.66. The van der Waals surface area contributed by atoms with Gasteiger partial charge >= 0.3 is 0 Å². The minimum atomic E-state index is 0.0324. The molecule has 2 aromatic carbocycles. The summed E-state index contributed by atoms with van der Waals surface area (Å²) in [4.78, 5) is 21.9. The molecular weight excluding hydrogens is 432 g/mol. The van der Waals surface area contributed by atoms with Gasteiger partial charge in [-0.15, -0.1) is 0 Å². The highest BCUT2D eigenvalue weighted by Crippen LogP contribution is 2.29. The molecule has 0 saturated carbocycles. The summed E-state index contributed by atoms with van der Waals surface area (Å²) in [6.07, 6.45) is 5.63. The lowest BCUT2D eigenvalue weighted by atomic mass is 10.0. The van der Waals surface area contributed by atoms with Crippen LogP contribution in [0.25, 0.3) is 28.0 Å².